The molecule has 0 spiro atoms. The Morgan fingerprint density at radius 2 is 1.94 bits per heavy atom. The van der Waals surface area contributed by atoms with Crippen LogP contribution >= 0.6 is 0 Å². The quantitative estimate of drug-likeness (QED) is 0.611. The van der Waals surface area contributed by atoms with Crippen LogP contribution < -0.4 is 16.0 Å². The van der Waals surface area contributed by atoms with Crippen molar-refractivity contribution in [3.63, 3.8) is 0 Å². The molecule has 1 aromatic carbocycles. The number of halogens is 2. The number of ketones is 1. The summed E-state index contributed by atoms with van der Waals surface area (Å²) in [5.74, 6) is -3.44. The molecule has 4 rings (SSSR count). The van der Waals surface area contributed by atoms with Gasteiger partial charge in [0.05, 0.1) is 11.1 Å². The predicted octanol–water partition coefficient (Wildman–Crippen LogP) is 3.55. The lowest BCUT2D eigenvalue weighted by atomic mass is 10.00. The number of carbonyl (C=O) groups excluding carboxylic acids is 1. The summed E-state index contributed by atoms with van der Waals surface area (Å²) in [6.07, 6.45) is 1.44. The van der Waals surface area contributed by atoms with Crippen LogP contribution in [0.5, 0.6) is 0 Å². The first kappa shape index (κ1) is 20.9. The Hall–Kier alpha value is -3.39. The zero-order valence-electron chi connectivity index (χ0n) is 17.1. The number of nitrogen functional groups attached to an aromatic ring is 1. The molecular weight excluding hydrogens is 400 g/mol. The summed E-state index contributed by atoms with van der Waals surface area (Å²) in [5, 5.41) is 3.46. The second-order valence-corrected chi connectivity index (χ2v) is 7.58. The number of hydrogen-bond donors (Lipinski definition) is 2. The fourth-order valence-corrected chi connectivity index (χ4v) is 3.76. The lowest BCUT2D eigenvalue weighted by Crippen LogP contribution is -2.46. The monoisotopic (exact) mass is 423 g/mol. The van der Waals surface area contributed by atoms with Gasteiger partial charge >= 0.3 is 0 Å². The highest BCUT2D eigenvalue weighted by Crippen LogP contribution is 2.33. The largest absolute Gasteiger partial charge is 0.383 e. The average molecular weight is 423 g/mol. The summed E-state index contributed by atoms with van der Waals surface area (Å²) in [6, 6.07) is 15.9. The molecule has 3 aromatic rings. The first-order valence-corrected chi connectivity index (χ1v) is 10.0. The van der Waals surface area contributed by atoms with Crippen molar-refractivity contribution in [3.8, 4) is 0 Å². The van der Waals surface area contributed by atoms with Crippen LogP contribution in [0.25, 0.3) is 0 Å². The number of alkyl halides is 2. The number of pyridine rings is 2. The number of aromatic nitrogens is 2. The minimum Gasteiger partial charge on any atom is -0.383 e. The summed E-state index contributed by atoms with van der Waals surface area (Å²) in [5.41, 5.74) is 6.26. The molecule has 8 heteroatoms. The van der Waals surface area contributed by atoms with E-state index >= 15 is 0 Å². The first-order chi connectivity index (χ1) is 14.8. The zero-order chi connectivity index (χ0) is 22.0. The van der Waals surface area contributed by atoms with Crippen LogP contribution in [0, 0.1) is 0 Å². The lowest BCUT2D eigenvalue weighted by molar-refractivity contribution is 0.0161. The van der Waals surface area contributed by atoms with Crippen molar-refractivity contribution in [2.75, 3.05) is 30.3 Å². The third-order valence-electron chi connectivity index (χ3n) is 5.35. The van der Waals surface area contributed by atoms with E-state index in [2.05, 4.69) is 15.3 Å². The maximum Gasteiger partial charge on any atom is 0.272 e. The number of carbonyl (C=O) groups is 1. The summed E-state index contributed by atoms with van der Waals surface area (Å²) in [4.78, 5) is 23.4. The van der Waals surface area contributed by atoms with Crippen molar-refractivity contribution >= 4 is 17.4 Å². The van der Waals surface area contributed by atoms with Crippen LogP contribution in [-0.2, 0) is 5.92 Å². The minimum absolute atomic E-state index is 0.0172. The van der Waals surface area contributed by atoms with Gasteiger partial charge in [-0.3, -0.25) is 4.79 Å². The van der Waals surface area contributed by atoms with Gasteiger partial charge in [0.2, 0.25) is 5.78 Å². The molecule has 3 heterocycles. The molecule has 1 aliphatic rings. The van der Waals surface area contributed by atoms with Crippen molar-refractivity contribution in [1.29, 1.82) is 0 Å². The highest BCUT2D eigenvalue weighted by Gasteiger charge is 2.33. The summed E-state index contributed by atoms with van der Waals surface area (Å²) in [6.45, 7) is 2.69. The molecule has 1 aliphatic heterocycles. The molecule has 0 radical (unpaired) electrons. The van der Waals surface area contributed by atoms with Gasteiger partial charge in [-0.05, 0) is 29.8 Å². The van der Waals surface area contributed by atoms with Crippen molar-refractivity contribution in [2.45, 2.75) is 18.9 Å². The second-order valence-electron chi connectivity index (χ2n) is 7.58. The summed E-state index contributed by atoms with van der Waals surface area (Å²) in [7, 11) is 0. The number of piperazine rings is 1. The Morgan fingerprint density at radius 3 is 2.65 bits per heavy atom. The zero-order valence-corrected chi connectivity index (χ0v) is 17.1. The van der Waals surface area contributed by atoms with Crippen LogP contribution in [0.3, 0.4) is 0 Å². The molecule has 0 aliphatic carbocycles. The molecule has 0 amide bonds. The van der Waals surface area contributed by atoms with Crippen LogP contribution in [-0.4, -0.2) is 35.4 Å². The van der Waals surface area contributed by atoms with Crippen LogP contribution in [0.4, 0.5) is 20.4 Å². The van der Waals surface area contributed by atoms with Gasteiger partial charge in [-0.25, -0.2) is 18.7 Å². The van der Waals surface area contributed by atoms with Crippen LogP contribution in [0.2, 0.25) is 0 Å². The smallest absolute Gasteiger partial charge is 0.272 e. The van der Waals surface area contributed by atoms with E-state index in [1.165, 1.54) is 24.4 Å². The van der Waals surface area contributed by atoms with Crippen molar-refractivity contribution in [1.82, 2.24) is 15.3 Å². The molecule has 0 bridgehead atoms. The van der Waals surface area contributed by atoms with E-state index in [1.54, 1.807) is 6.07 Å². The van der Waals surface area contributed by atoms with E-state index in [9.17, 15) is 13.6 Å². The maximum atomic E-state index is 14.3. The summed E-state index contributed by atoms with van der Waals surface area (Å²) >= 11 is 0. The van der Waals surface area contributed by atoms with E-state index in [4.69, 9.17) is 5.73 Å². The van der Waals surface area contributed by atoms with Gasteiger partial charge in [-0.2, -0.15) is 0 Å². The van der Waals surface area contributed by atoms with Crippen LogP contribution in [0.15, 0.2) is 60.8 Å². The third kappa shape index (κ3) is 4.39. The summed E-state index contributed by atoms with van der Waals surface area (Å²) < 4.78 is 28.6. The van der Waals surface area contributed by atoms with Gasteiger partial charge < -0.3 is 16.0 Å². The molecule has 1 unspecified atom stereocenters. The Labute approximate surface area is 179 Å². The SMILES string of the molecule is CC(F)(F)c1ccc(N2CCNC(c3ccccc3)C2)nc1C(=O)c1cccnc1N. The Bertz CT molecular complexity index is 1080. The van der Waals surface area contributed by atoms with E-state index < -0.39 is 17.3 Å². The van der Waals surface area contributed by atoms with Crippen molar-refractivity contribution < 1.29 is 13.6 Å². The lowest BCUT2D eigenvalue weighted by Gasteiger charge is -2.35. The van der Waals surface area contributed by atoms with Crippen LogP contribution in [0.1, 0.15) is 40.1 Å². The van der Waals surface area contributed by atoms with Gasteiger partial charge in [0, 0.05) is 38.8 Å². The predicted molar refractivity (Wildman–Crippen MR) is 115 cm³/mol. The third-order valence-corrected chi connectivity index (χ3v) is 5.35. The molecule has 6 nitrogen and oxygen atoms in total. The Balaban J connectivity index is 1.70. The number of nitrogens with one attached hydrogen (secondary N) is 1. The molecule has 0 saturated carbocycles. The van der Waals surface area contributed by atoms with E-state index in [0.29, 0.717) is 25.5 Å². The Kier molecular flexibility index (Phi) is 5.65. The van der Waals surface area contributed by atoms with Crippen molar-refractivity contribution in [3.05, 3.63) is 83.2 Å². The molecule has 3 N–H and O–H groups in total. The topological polar surface area (TPSA) is 84.1 Å². The number of rotatable bonds is 5. The number of nitrogens with zero attached hydrogens (tertiary/aromatic N) is 3. The highest BCUT2D eigenvalue weighted by atomic mass is 19.3. The van der Waals surface area contributed by atoms with E-state index in [1.807, 2.05) is 35.2 Å². The van der Waals surface area contributed by atoms with Gasteiger partial charge in [-0.15, -0.1) is 0 Å². The molecule has 2 aromatic heterocycles. The number of benzene rings is 1. The molecule has 160 valence electrons. The molecule has 1 saturated heterocycles. The molecular formula is C23H23F2N5O. The fraction of sp³-hybridized carbons (Fsp3) is 0.261. The van der Waals surface area contributed by atoms with Gasteiger partial charge in [0.25, 0.3) is 5.92 Å². The number of nitrogens with two attached hydrogens (primary N) is 1. The van der Waals surface area contributed by atoms with Gasteiger partial charge in [0.1, 0.15) is 17.3 Å². The average Bonchev–Trinajstić information content (AvgIpc) is 2.78. The molecule has 1 atom stereocenters. The number of anilines is 2. The van der Waals surface area contributed by atoms with Crippen molar-refractivity contribution in [2.24, 2.45) is 0 Å². The van der Waals surface area contributed by atoms with Gasteiger partial charge in [-0.1, -0.05) is 30.3 Å². The fourth-order valence-electron chi connectivity index (χ4n) is 3.76. The Morgan fingerprint density at radius 1 is 1.16 bits per heavy atom. The maximum absolute atomic E-state index is 14.3. The standard InChI is InChI=1S/C23H23F2N5O/c1-23(24,25)17-9-10-19(29-20(17)21(31)16-8-5-11-28-22(16)26)30-13-12-27-18(14-30)15-6-3-2-4-7-15/h2-11,18,27H,12-14H2,1H3,(H2,26,28). The minimum atomic E-state index is -3.23. The normalized spacial score (nSPS) is 16.9. The van der Waals surface area contributed by atoms with Gasteiger partial charge in [0.15, 0.2) is 0 Å². The number of hydrogen-bond acceptors (Lipinski definition) is 6. The first-order valence-electron chi connectivity index (χ1n) is 10.0. The highest BCUT2D eigenvalue weighted by molar-refractivity contribution is 6.11. The molecule has 1 fully saturated rings. The second kappa shape index (κ2) is 8.39. The van der Waals surface area contributed by atoms with E-state index in [0.717, 1.165) is 12.5 Å². The van der Waals surface area contributed by atoms with E-state index in [-0.39, 0.29) is 23.1 Å². The molecule has 31 heavy (non-hydrogen) atoms.